The summed E-state index contributed by atoms with van der Waals surface area (Å²) in [5, 5.41) is 0. The summed E-state index contributed by atoms with van der Waals surface area (Å²) in [5.41, 5.74) is 0.628. The van der Waals surface area contributed by atoms with Crippen molar-refractivity contribution < 1.29 is 17.9 Å². The van der Waals surface area contributed by atoms with E-state index in [0.29, 0.717) is 23.5 Å². The fourth-order valence-corrected chi connectivity index (χ4v) is 2.49. The zero-order valence-electron chi connectivity index (χ0n) is 10.7. The Bertz CT molecular complexity index is 608. The van der Waals surface area contributed by atoms with Gasteiger partial charge in [-0.3, -0.25) is 0 Å². The number of ether oxygens (including phenoxy) is 1. The van der Waals surface area contributed by atoms with Gasteiger partial charge in [0.15, 0.2) is 0 Å². The molecular weight excluding hydrogens is 380 g/mol. The average Bonchev–Trinajstić information content (AvgIpc) is 2.38. The van der Waals surface area contributed by atoms with Gasteiger partial charge >= 0.3 is 6.18 Å². The molecular formula is C15H12F3IO. The highest BCUT2D eigenvalue weighted by molar-refractivity contribution is 14.1. The molecule has 0 aliphatic carbocycles. The molecule has 0 aliphatic rings. The van der Waals surface area contributed by atoms with Crippen LogP contribution >= 0.6 is 22.6 Å². The molecule has 2 aromatic carbocycles. The van der Waals surface area contributed by atoms with Gasteiger partial charge in [0.05, 0.1) is 12.2 Å². The second kappa shape index (κ2) is 6.03. The van der Waals surface area contributed by atoms with E-state index in [1.807, 2.05) is 29.5 Å². The Morgan fingerprint density at radius 3 is 2.50 bits per heavy atom. The van der Waals surface area contributed by atoms with E-state index in [-0.39, 0.29) is 0 Å². The molecule has 5 heteroatoms. The van der Waals surface area contributed by atoms with Crippen molar-refractivity contribution in [2.24, 2.45) is 0 Å². The summed E-state index contributed by atoms with van der Waals surface area (Å²) < 4.78 is 44.5. The molecule has 0 saturated heterocycles. The van der Waals surface area contributed by atoms with Crippen molar-refractivity contribution in [3.8, 4) is 16.9 Å². The van der Waals surface area contributed by atoms with E-state index in [4.69, 9.17) is 4.74 Å². The molecule has 0 N–H and O–H groups in total. The van der Waals surface area contributed by atoms with Crippen LogP contribution in [0.2, 0.25) is 0 Å². The molecule has 0 saturated carbocycles. The molecule has 0 radical (unpaired) electrons. The van der Waals surface area contributed by atoms with E-state index in [2.05, 4.69) is 0 Å². The van der Waals surface area contributed by atoms with E-state index >= 15 is 0 Å². The van der Waals surface area contributed by atoms with Crippen LogP contribution in [0.25, 0.3) is 11.1 Å². The van der Waals surface area contributed by atoms with Crippen molar-refractivity contribution in [2.45, 2.75) is 13.1 Å². The predicted molar refractivity (Wildman–Crippen MR) is 80.8 cm³/mol. The second-order valence-corrected chi connectivity index (χ2v) is 5.32. The Labute approximate surface area is 128 Å². The molecule has 0 heterocycles. The van der Waals surface area contributed by atoms with Gasteiger partial charge in [0.1, 0.15) is 5.75 Å². The van der Waals surface area contributed by atoms with Crippen LogP contribution in [0.15, 0.2) is 42.5 Å². The zero-order valence-corrected chi connectivity index (χ0v) is 12.8. The van der Waals surface area contributed by atoms with E-state index in [1.165, 1.54) is 12.1 Å². The zero-order chi connectivity index (χ0) is 14.8. The second-order valence-electron chi connectivity index (χ2n) is 4.15. The van der Waals surface area contributed by atoms with Crippen LogP contribution in [0, 0.1) is 3.57 Å². The van der Waals surface area contributed by atoms with Crippen LogP contribution in [0.5, 0.6) is 5.75 Å². The van der Waals surface area contributed by atoms with Gasteiger partial charge in [0, 0.05) is 3.57 Å². The molecule has 0 aliphatic heterocycles. The van der Waals surface area contributed by atoms with Crippen LogP contribution in [-0.2, 0) is 6.18 Å². The Hall–Kier alpha value is -1.24. The number of alkyl halides is 3. The lowest BCUT2D eigenvalue weighted by Gasteiger charge is -2.12. The third kappa shape index (κ3) is 3.45. The molecule has 0 aromatic heterocycles. The molecule has 1 nitrogen and oxygen atoms in total. The Kier molecular flexibility index (Phi) is 4.57. The summed E-state index contributed by atoms with van der Waals surface area (Å²) >= 11 is 2.03. The predicted octanol–water partition coefficient (Wildman–Crippen LogP) is 5.38. The molecule has 0 spiro atoms. The summed E-state index contributed by atoms with van der Waals surface area (Å²) in [6.07, 6.45) is -4.34. The minimum absolute atomic E-state index is 0.517. The van der Waals surface area contributed by atoms with E-state index in [1.54, 1.807) is 24.3 Å². The van der Waals surface area contributed by atoms with Crippen molar-refractivity contribution in [1.29, 1.82) is 0 Å². The van der Waals surface area contributed by atoms with Crippen molar-refractivity contribution >= 4 is 22.6 Å². The fraction of sp³-hybridized carbons (Fsp3) is 0.200. The summed E-state index contributed by atoms with van der Waals surface area (Å²) in [6.45, 7) is 2.38. The largest absolute Gasteiger partial charge is 0.494 e. The number of halogens is 4. The summed E-state index contributed by atoms with van der Waals surface area (Å²) in [4.78, 5) is 0. The highest BCUT2D eigenvalue weighted by Gasteiger charge is 2.30. The van der Waals surface area contributed by atoms with Gasteiger partial charge in [-0.2, -0.15) is 13.2 Å². The molecule has 0 amide bonds. The quantitative estimate of drug-likeness (QED) is 0.638. The van der Waals surface area contributed by atoms with Crippen LogP contribution < -0.4 is 4.74 Å². The maximum Gasteiger partial charge on any atom is 0.416 e. The number of hydrogen-bond acceptors (Lipinski definition) is 1. The highest BCUT2D eigenvalue weighted by Crippen LogP contribution is 2.35. The SMILES string of the molecule is CCOc1cccc(-c2cc(C(F)(F)F)ccc2I)c1. The molecule has 0 bridgehead atoms. The maximum absolute atomic E-state index is 12.8. The lowest BCUT2D eigenvalue weighted by molar-refractivity contribution is -0.137. The van der Waals surface area contributed by atoms with Gasteiger partial charge in [-0.15, -0.1) is 0 Å². The first-order chi connectivity index (χ1) is 9.41. The Balaban J connectivity index is 2.49. The van der Waals surface area contributed by atoms with Crippen molar-refractivity contribution in [3.05, 3.63) is 51.6 Å². The van der Waals surface area contributed by atoms with E-state index in [9.17, 15) is 13.2 Å². The average molecular weight is 392 g/mol. The first-order valence-corrected chi connectivity index (χ1v) is 7.09. The normalized spacial score (nSPS) is 11.4. The van der Waals surface area contributed by atoms with Crippen molar-refractivity contribution in [3.63, 3.8) is 0 Å². The van der Waals surface area contributed by atoms with Crippen LogP contribution in [0.3, 0.4) is 0 Å². The third-order valence-corrected chi connectivity index (χ3v) is 3.69. The summed E-state index contributed by atoms with van der Waals surface area (Å²) in [6, 6.07) is 10.8. The van der Waals surface area contributed by atoms with Crippen LogP contribution in [0.1, 0.15) is 12.5 Å². The van der Waals surface area contributed by atoms with Crippen LogP contribution in [0.4, 0.5) is 13.2 Å². The number of rotatable bonds is 3. The van der Waals surface area contributed by atoms with Gasteiger partial charge in [0.25, 0.3) is 0 Å². The molecule has 20 heavy (non-hydrogen) atoms. The van der Waals surface area contributed by atoms with Crippen molar-refractivity contribution in [1.82, 2.24) is 0 Å². The smallest absolute Gasteiger partial charge is 0.416 e. The van der Waals surface area contributed by atoms with Crippen molar-refractivity contribution in [2.75, 3.05) is 6.61 Å². The van der Waals surface area contributed by atoms with Gasteiger partial charge in [-0.05, 0) is 71.0 Å². The molecule has 0 unspecified atom stereocenters. The Morgan fingerprint density at radius 1 is 1.10 bits per heavy atom. The number of benzene rings is 2. The molecule has 2 rings (SSSR count). The van der Waals surface area contributed by atoms with E-state index in [0.717, 1.165) is 9.64 Å². The van der Waals surface area contributed by atoms with Crippen LogP contribution in [-0.4, -0.2) is 6.61 Å². The Morgan fingerprint density at radius 2 is 1.85 bits per heavy atom. The van der Waals surface area contributed by atoms with Gasteiger partial charge in [0.2, 0.25) is 0 Å². The summed E-state index contributed by atoms with van der Waals surface area (Å²) in [7, 11) is 0. The highest BCUT2D eigenvalue weighted by atomic mass is 127. The fourth-order valence-electron chi connectivity index (χ4n) is 1.84. The summed E-state index contributed by atoms with van der Waals surface area (Å²) in [5.74, 6) is 0.651. The topological polar surface area (TPSA) is 9.23 Å². The lowest BCUT2D eigenvalue weighted by Crippen LogP contribution is -2.05. The first kappa shape index (κ1) is 15.2. The maximum atomic E-state index is 12.8. The molecule has 0 fully saturated rings. The van der Waals surface area contributed by atoms with Gasteiger partial charge < -0.3 is 4.74 Å². The first-order valence-electron chi connectivity index (χ1n) is 6.02. The third-order valence-electron chi connectivity index (χ3n) is 2.75. The monoisotopic (exact) mass is 392 g/mol. The lowest BCUT2D eigenvalue weighted by atomic mass is 10.0. The minimum Gasteiger partial charge on any atom is -0.494 e. The standard InChI is InChI=1S/C15H12F3IO/c1-2-20-12-5-3-4-10(8-12)13-9-11(15(16,17)18)6-7-14(13)19/h3-9H,2H2,1H3. The van der Waals surface area contributed by atoms with E-state index < -0.39 is 11.7 Å². The minimum atomic E-state index is -4.34. The molecule has 0 atom stereocenters. The number of hydrogen-bond donors (Lipinski definition) is 0. The van der Waals surface area contributed by atoms with Gasteiger partial charge in [-0.1, -0.05) is 12.1 Å². The molecule has 106 valence electrons. The van der Waals surface area contributed by atoms with Gasteiger partial charge in [-0.25, -0.2) is 0 Å². The molecule has 2 aromatic rings.